The van der Waals surface area contributed by atoms with Crippen LogP contribution in [-0.2, 0) is 6.42 Å². The summed E-state index contributed by atoms with van der Waals surface area (Å²) in [6.07, 6.45) is 0.880. The van der Waals surface area contributed by atoms with Crippen LogP contribution >= 0.6 is 0 Å². The number of benzene rings is 2. The summed E-state index contributed by atoms with van der Waals surface area (Å²) in [7, 11) is 4.02. The molecule has 7 heteroatoms. The van der Waals surface area contributed by atoms with Crippen LogP contribution in [0.3, 0.4) is 0 Å². The number of non-ortho nitro benzene ring substituents is 1. The van der Waals surface area contributed by atoms with Crippen LogP contribution in [0.5, 0.6) is 0 Å². The maximum absolute atomic E-state index is 11.2. The summed E-state index contributed by atoms with van der Waals surface area (Å²) in [5.74, 6) is 0.920. The highest BCUT2D eigenvalue weighted by atomic mass is 16.6. The van der Waals surface area contributed by atoms with Gasteiger partial charge in [0.15, 0.2) is 0 Å². The number of nitro benzene ring substituents is 1. The Kier molecular flexibility index (Phi) is 4.07. The van der Waals surface area contributed by atoms with Gasteiger partial charge in [0.1, 0.15) is 5.82 Å². The van der Waals surface area contributed by atoms with Gasteiger partial charge in [0, 0.05) is 49.6 Å². The third kappa shape index (κ3) is 2.91. The zero-order chi connectivity index (χ0) is 19.1. The molecule has 0 fully saturated rings. The molecule has 0 bridgehead atoms. The lowest BCUT2D eigenvalue weighted by molar-refractivity contribution is -0.384. The molecule has 0 spiro atoms. The fraction of sp³-hybridized carbons (Fsp3) is 0.250. The number of aryl methyl sites for hydroxylation is 1. The van der Waals surface area contributed by atoms with Gasteiger partial charge in [-0.25, -0.2) is 4.68 Å². The van der Waals surface area contributed by atoms with E-state index < -0.39 is 0 Å². The molecule has 1 aliphatic rings. The van der Waals surface area contributed by atoms with Crippen LogP contribution in [0.15, 0.2) is 42.5 Å². The fourth-order valence-corrected chi connectivity index (χ4v) is 3.45. The summed E-state index contributed by atoms with van der Waals surface area (Å²) in [6.45, 7) is 2.77. The molecule has 0 saturated carbocycles. The van der Waals surface area contributed by atoms with Gasteiger partial charge in [-0.05, 0) is 31.0 Å². The molecule has 27 heavy (non-hydrogen) atoms. The van der Waals surface area contributed by atoms with Gasteiger partial charge in [-0.3, -0.25) is 10.1 Å². The van der Waals surface area contributed by atoms with Crippen molar-refractivity contribution in [1.82, 2.24) is 9.78 Å². The molecule has 1 N–H and O–H groups in total. The number of nitrogens with one attached hydrogen (secondary N) is 1. The van der Waals surface area contributed by atoms with Crippen molar-refractivity contribution in [2.75, 3.05) is 30.9 Å². The monoisotopic (exact) mass is 363 g/mol. The molecule has 3 aromatic rings. The normalized spacial score (nSPS) is 12.6. The Morgan fingerprint density at radius 3 is 2.78 bits per heavy atom. The van der Waals surface area contributed by atoms with E-state index in [2.05, 4.69) is 28.4 Å². The van der Waals surface area contributed by atoms with Gasteiger partial charge in [-0.2, -0.15) is 5.10 Å². The molecule has 4 rings (SSSR count). The van der Waals surface area contributed by atoms with Crippen LogP contribution in [0, 0.1) is 17.0 Å². The second-order valence-electron chi connectivity index (χ2n) is 6.94. The average Bonchev–Trinajstić information content (AvgIpc) is 3.25. The first kappa shape index (κ1) is 17.1. The lowest BCUT2D eigenvalue weighted by atomic mass is 10.1. The Labute approximate surface area is 157 Å². The van der Waals surface area contributed by atoms with Crippen molar-refractivity contribution < 1.29 is 4.92 Å². The highest BCUT2D eigenvalue weighted by Gasteiger charge is 2.25. The molecule has 0 unspecified atom stereocenters. The van der Waals surface area contributed by atoms with E-state index in [1.54, 1.807) is 12.1 Å². The smallest absolute Gasteiger partial charge is 0.271 e. The number of hydrogen-bond acceptors (Lipinski definition) is 5. The molecule has 0 radical (unpaired) electrons. The predicted octanol–water partition coefficient (Wildman–Crippen LogP) is 3.79. The van der Waals surface area contributed by atoms with E-state index in [-0.39, 0.29) is 10.6 Å². The molecule has 1 aromatic heterocycles. The quantitative estimate of drug-likeness (QED) is 0.564. The van der Waals surface area contributed by atoms with Gasteiger partial charge in [-0.15, -0.1) is 0 Å². The molecule has 0 amide bonds. The van der Waals surface area contributed by atoms with Gasteiger partial charge in [0.25, 0.3) is 5.69 Å². The lowest BCUT2D eigenvalue weighted by Crippen LogP contribution is -2.08. The number of nitro groups is 1. The van der Waals surface area contributed by atoms with Gasteiger partial charge in [-0.1, -0.05) is 18.2 Å². The molecule has 2 heterocycles. The van der Waals surface area contributed by atoms with Crippen molar-refractivity contribution in [3.8, 4) is 16.9 Å². The lowest BCUT2D eigenvalue weighted by Gasteiger charge is -2.13. The van der Waals surface area contributed by atoms with E-state index in [9.17, 15) is 10.1 Å². The SMILES string of the molecule is Cc1ccc([N+](=O)[O-])cc1-n1nc(-c2cccc(N(C)C)c2)c2c1NCC2. The molecule has 0 atom stereocenters. The Morgan fingerprint density at radius 2 is 2.04 bits per heavy atom. The number of aromatic nitrogens is 2. The third-order valence-electron chi connectivity index (χ3n) is 4.92. The van der Waals surface area contributed by atoms with Crippen molar-refractivity contribution in [2.24, 2.45) is 0 Å². The van der Waals surface area contributed by atoms with Crippen molar-refractivity contribution in [2.45, 2.75) is 13.3 Å². The minimum absolute atomic E-state index is 0.0639. The fourth-order valence-electron chi connectivity index (χ4n) is 3.45. The molecular weight excluding hydrogens is 342 g/mol. The van der Waals surface area contributed by atoms with Gasteiger partial charge in [0.05, 0.1) is 16.3 Å². The number of rotatable bonds is 4. The first-order valence-corrected chi connectivity index (χ1v) is 8.84. The minimum atomic E-state index is -0.373. The second-order valence-corrected chi connectivity index (χ2v) is 6.94. The first-order valence-electron chi connectivity index (χ1n) is 8.84. The highest BCUT2D eigenvalue weighted by molar-refractivity contribution is 5.75. The van der Waals surface area contributed by atoms with Crippen LogP contribution in [-0.4, -0.2) is 35.3 Å². The van der Waals surface area contributed by atoms with Crippen LogP contribution in [0.2, 0.25) is 0 Å². The van der Waals surface area contributed by atoms with E-state index in [0.29, 0.717) is 0 Å². The molecule has 0 aliphatic carbocycles. The number of hydrogen-bond donors (Lipinski definition) is 1. The number of fused-ring (bicyclic) bond motifs is 1. The van der Waals surface area contributed by atoms with Gasteiger partial charge in [0.2, 0.25) is 0 Å². The van der Waals surface area contributed by atoms with E-state index in [4.69, 9.17) is 5.10 Å². The summed E-state index contributed by atoms with van der Waals surface area (Å²) in [5.41, 5.74) is 5.95. The van der Waals surface area contributed by atoms with Crippen LogP contribution < -0.4 is 10.2 Å². The summed E-state index contributed by atoms with van der Waals surface area (Å²) >= 11 is 0. The predicted molar refractivity (Wildman–Crippen MR) is 107 cm³/mol. The summed E-state index contributed by atoms with van der Waals surface area (Å²) in [5, 5.41) is 19.5. The third-order valence-corrected chi connectivity index (χ3v) is 4.92. The zero-order valence-electron chi connectivity index (χ0n) is 15.6. The molecule has 2 aromatic carbocycles. The first-order chi connectivity index (χ1) is 13.0. The van der Waals surface area contributed by atoms with E-state index in [1.807, 2.05) is 31.8 Å². The Balaban J connectivity index is 1.89. The van der Waals surface area contributed by atoms with E-state index in [1.165, 1.54) is 6.07 Å². The average molecular weight is 363 g/mol. The number of nitrogens with zero attached hydrogens (tertiary/aromatic N) is 4. The minimum Gasteiger partial charge on any atom is -0.378 e. The number of anilines is 2. The van der Waals surface area contributed by atoms with Crippen molar-refractivity contribution >= 4 is 17.2 Å². The standard InChI is InChI=1S/C20H21N5O2/c1-13-7-8-16(25(26)27)12-18(13)24-20-17(9-10-21-20)19(22-24)14-5-4-6-15(11-14)23(2)3/h4-8,11-12,21H,9-10H2,1-3H3. The summed E-state index contributed by atoms with van der Waals surface area (Å²) in [4.78, 5) is 12.9. The van der Waals surface area contributed by atoms with E-state index in [0.717, 1.165) is 52.5 Å². The molecule has 0 saturated heterocycles. The maximum Gasteiger partial charge on any atom is 0.271 e. The molecule has 138 valence electrons. The summed E-state index contributed by atoms with van der Waals surface area (Å²) < 4.78 is 1.81. The molecule has 1 aliphatic heterocycles. The van der Waals surface area contributed by atoms with Crippen LogP contribution in [0.25, 0.3) is 16.9 Å². The highest BCUT2D eigenvalue weighted by Crippen LogP contribution is 2.36. The topological polar surface area (TPSA) is 76.2 Å². The van der Waals surface area contributed by atoms with E-state index >= 15 is 0 Å². The Morgan fingerprint density at radius 1 is 1.22 bits per heavy atom. The summed E-state index contributed by atoms with van der Waals surface area (Å²) in [6, 6.07) is 13.1. The second kappa shape index (κ2) is 6.42. The van der Waals surface area contributed by atoms with Crippen LogP contribution in [0.1, 0.15) is 11.1 Å². The zero-order valence-corrected chi connectivity index (χ0v) is 15.6. The van der Waals surface area contributed by atoms with Gasteiger partial charge < -0.3 is 10.2 Å². The Bertz CT molecular complexity index is 1040. The molecule has 7 nitrogen and oxygen atoms in total. The van der Waals surface area contributed by atoms with Crippen molar-refractivity contribution in [3.63, 3.8) is 0 Å². The van der Waals surface area contributed by atoms with Crippen LogP contribution in [0.4, 0.5) is 17.2 Å². The maximum atomic E-state index is 11.2. The Hall–Kier alpha value is -3.35. The van der Waals surface area contributed by atoms with Crippen molar-refractivity contribution in [3.05, 3.63) is 63.7 Å². The largest absolute Gasteiger partial charge is 0.378 e. The molecular formula is C20H21N5O2. The van der Waals surface area contributed by atoms with Gasteiger partial charge >= 0.3 is 0 Å². The van der Waals surface area contributed by atoms with Crippen molar-refractivity contribution in [1.29, 1.82) is 0 Å².